The highest BCUT2D eigenvalue weighted by Crippen LogP contribution is 2.44. The van der Waals surface area contributed by atoms with Crippen LogP contribution in [0, 0.1) is 0 Å². The Balaban J connectivity index is 0.000000463. The highest BCUT2D eigenvalue weighted by Gasteiger charge is 2.14. The molecule has 0 fully saturated rings. The SMILES string of the molecule is Brc1ccc(-c2ccc(Br)c(Br)c2Br)c(Br)c1Br.CCOCC. The maximum Gasteiger partial charge on any atom is 0.0465 e. The van der Waals surface area contributed by atoms with E-state index in [0.29, 0.717) is 0 Å². The zero-order chi connectivity index (χ0) is 17.6. The van der Waals surface area contributed by atoms with Crippen LogP contribution < -0.4 is 0 Å². The van der Waals surface area contributed by atoms with E-state index in [1.165, 1.54) is 0 Å². The maximum absolute atomic E-state index is 4.83. The number of benzene rings is 2. The predicted molar refractivity (Wildman–Crippen MR) is 120 cm³/mol. The molecule has 1 nitrogen and oxygen atoms in total. The lowest BCUT2D eigenvalue weighted by molar-refractivity contribution is 0.162. The molecular weight excluding hydrogens is 688 g/mol. The molecule has 0 spiro atoms. The Morgan fingerprint density at radius 1 is 0.609 bits per heavy atom. The Bertz CT molecular complexity index is 615. The van der Waals surface area contributed by atoms with Gasteiger partial charge in [0.15, 0.2) is 0 Å². The summed E-state index contributed by atoms with van der Waals surface area (Å²) in [6, 6.07) is 8.18. The van der Waals surface area contributed by atoms with Crippen molar-refractivity contribution in [2.24, 2.45) is 0 Å². The quantitative estimate of drug-likeness (QED) is 0.291. The van der Waals surface area contributed by atoms with E-state index in [1.54, 1.807) is 0 Å². The minimum Gasteiger partial charge on any atom is -0.382 e. The lowest BCUT2D eigenvalue weighted by Gasteiger charge is -2.12. The van der Waals surface area contributed by atoms with Crippen LogP contribution in [-0.4, -0.2) is 13.2 Å². The van der Waals surface area contributed by atoms with Crippen molar-refractivity contribution >= 4 is 95.6 Å². The molecule has 0 saturated heterocycles. The highest BCUT2D eigenvalue weighted by molar-refractivity contribution is 9.15. The Labute approximate surface area is 187 Å². The van der Waals surface area contributed by atoms with E-state index in [4.69, 9.17) is 4.74 Å². The topological polar surface area (TPSA) is 9.23 Å². The molecule has 2 aromatic rings. The number of rotatable bonds is 3. The molecule has 23 heavy (non-hydrogen) atoms. The molecule has 7 heteroatoms. The summed E-state index contributed by atoms with van der Waals surface area (Å²) >= 11 is 21.3. The van der Waals surface area contributed by atoms with Crippen LogP contribution >= 0.6 is 95.6 Å². The maximum atomic E-state index is 4.83. The molecule has 0 aliphatic heterocycles. The second kappa shape index (κ2) is 11.1. The summed E-state index contributed by atoms with van der Waals surface area (Å²) in [7, 11) is 0. The van der Waals surface area contributed by atoms with Crippen molar-refractivity contribution in [3.63, 3.8) is 0 Å². The summed E-state index contributed by atoms with van der Waals surface area (Å²) in [6.45, 7) is 5.67. The molecule has 0 bridgehead atoms. The molecule has 0 aliphatic carbocycles. The van der Waals surface area contributed by atoms with Gasteiger partial charge in [0.25, 0.3) is 0 Å². The Hall–Kier alpha value is 1.28. The third kappa shape index (κ3) is 6.19. The summed E-state index contributed by atoms with van der Waals surface area (Å²) in [5, 5.41) is 0. The molecule has 0 unspecified atom stereocenters. The molecule has 0 N–H and O–H groups in total. The van der Waals surface area contributed by atoms with Gasteiger partial charge in [0.05, 0.1) is 0 Å². The molecule has 0 atom stereocenters. The molecule has 0 radical (unpaired) electrons. The standard InChI is InChI=1S/C12H4Br6.C4H10O/c13-7-3-1-5(9(15)11(7)17)6-2-4-8(14)12(18)10(6)16;1-3-5-4-2/h1-4H;3-4H2,1-2H3. The minimum atomic E-state index is 0.844. The van der Waals surface area contributed by atoms with E-state index in [9.17, 15) is 0 Å². The fourth-order valence-electron chi connectivity index (χ4n) is 1.67. The van der Waals surface area contributed by atoms with Crippen LogP contribution in [0.4, 0.5) is 0 Å². The molecule has 2 rings (SSSR count). The first-order valence-corrected chi connectivity index (χ1v) is 11.5. The number of ether oxygens (including phenoxy) is 1. The van der Waals surface area contributed by atoms with Crippen molar-refractivity contribution in [2.45, 2.75) is 13.8 Å². The van der Waals surface area contributed by atoms with Gasteiger partial charge in [0, 0.05) is 40.1 Å². The average Bonchev–Trinajstić information content (AvgIpc) is 2.53. The second-order valence-corrected chi connectivity index (χ2v) is 9.11. The van der Waals surface area contributed by atoms with Crippen molar-refractivity contribution in [1.82, 2.24) is 0 Å². The molecule has 2 aromatic carbocycles. The Morgan fingerprint density at radius 2 is 0.957 bits per heavy atom. The number of hydrogen-bond acceptors (Lipinski definition) is 1. The first-order valence-electron chi connectivity index (χ1n) is 6.70. The van der Waals surface area contributed by atoms with Crippen molar-refractivity contribution in [1.29, 1.82) is 0 Å². The molecule has 0 heterocycles. The molecule has 126 valence electrons. The van der Waals surface area contributed by atoms with Gasteiger partial charge in [-0.25, -0.2) is 0 Å². The number of halogens is 6. The van der Waals surface area contributed by atoms with Gasteiger partial charge < -0.3 is 4.74 Å². The third-order valence-electron chi connectivity index (χ3n) is 2.77. The zero-order valence-corrected chi connectivity index (χ0v) is 21.9. The van der Waals surface area contributed by atoms with Crippen LogP contribution in [0.3, 0.4) is 0 Å². The highest BCUT2D eigenvalue weighted by atomic mass is 79.9. The molecule has 0 saturated carbocycles. The Morgan fingerprint density at radius 3 is 1.22 bits per heavy atom. The molecule has 0 amide bonds. The summed E-state index contributed by atoms with van der Waals surface area (Å²) in [5.41, 5.74) is 2.23. The van der Waals surface area contributed by atoms with E-state index < -0.39 is 0 Å². The van der Waals surface area contributed by atoms with Crippen LogP contribution in [0.5, 0.6) is 0 Å². The van der Waals surface area contributed by atoms with Crippen molar-refractivity contribution in [2.75, 3.05) is 13.2 Å². The van der Waals surface area contributed by atoms with Crippen molar-refractivity contribution in [3.8, 4) is 11.1 Å². The lowest BCUT2D eigenvalue weighted by Crippen LogP contribution is -1.86. The summed E-state index contributed by atoms with van der Waals surface area (Å²) in [4.78, 5) is 0. The summed E-state index contributed by atoms with van der Waals surface area (Å²) in [6.07, 6.45) is 0. The van der Waals surface area contributed by atoms with Crippen molar-refractivity contribution < 1.29 is 4.74 Å². The van der Waals surface area contributed by atoms with Gasteiger partial charge in [0.2, 0.25) is 0 Å². The van der Waals surface area contributed by atoms with E-state index in [0.717, 1.165) is 51.2 Å². The largest absolute Gasteiger partial charge is 0.382 e. The lowest BCUT2D eigenvalue weighted by atomic mass is 10.1. The molecular formula is C16H14Br6O. The Kier molecular flexibility index (Phi) is 10.8. The van der Waals surface area contributed by atoms with E-state index in [2.05, 4.69) is 108 Å². The van der Waals surface area contributed by atoms with E-state index in [-0.39, 0.29) is 0 Å². The molecule has 0 aliphatic rings. The van der Waals surface area contributed by atoms with Gasteiger partial charge in [-0.3, -0.25) is 0 Å². The normalized spacial score (nSPS) is 10.3. The van der Waals surface area contributed by atoms with E-state index >= 15 is 0 Å². The number of hydrogen-bond donors (Lipinski definition) is 0. The van der Waals surface area contributed by atoms with Gasteiger partial charge in [-0.2, -0.15) is 0 Å². The fraction of sp³-hybridized carbons (Fsp3) is 0.250. The summed E-state index contributed by atoms with van der Waals surface area (Å²) < 4.78 is 10.9. The van der Waals surface area contributed by atoms with Crippen LogP contribution in [-0.2, 0) is 4.74 Å². The minimum absolute atomic E-state index is 0.844. The van der Waals surface area contributed by atoms with Crippen molar-refractivity contribution in [3.05, 3.63) is 51.1 Å². The third-order valence-corrected chi connectivity index (χ3v) is 9.51. The average molecular weight is 702 g/mol. The molecule has 0 aromatic heterocycles. The van der Waals surface area contributed by atoms with E-state index in [1.807, 2.05) is 26.0 Å². The fourth-order valence-corrected chi connectivity index (χ4v) is 4.68. The van der Waals surface area contributed by atoms with Gasteiger partial charge in [0.1, 0.15) is 0 Å². The van der Waals surface area contributed by atoms with Gasteiger partial charge >= 0.3 is 0 Å². The second-order valence-electron chi connectivity index (χ2n) is 4.23. The van der Waals surface area contributed by atoms with Crippen LogP contribution in [0.15, 0.2) is 51.1 Å². The van der Waals surface area contributed by atoms with Crippen LogP contribution in [0.2, 0.25) is 0 Å². The zero-order valence-electron chi connectivity index (χ0n) is 12.4. The summed E-state index contributed by atoms with van der Waals surface area (Å²) in [5.74, 6) is 0. The van der Waals surface area contributed by atoms with Gasteiger partial charge in [-0.05, 0) is 133 Å². The smallest absolute Gasteiger partial charge is 0.0465 e. The first kappa shape index (κ1) is 22.3. The first-order chi connectivity index (χ1) is 10.8. The predicted octanol–water partition coefficient (Wildman–Crippen LogP) is 8.97. The van der Waals surface area contributed by atoms with Crippen LogP contribution in [0.25, 0.3) is 11.1 Å². The monoisotopic (exact) mass is 696 g/mol. The van der Waals surface area contributed by atoms with Gasteiger partial charge in [-0.15, -0.1) is 0 Å². The van der Waals surface area contributed by atoms with Gasteiger partial charge in [-0.1, -0.05) is 12.1 Å². The van der Waals surface area contributed by atoms with Crippen LogP contribution in [0.1, 0.15) is 13.8 Å².